The van der Waals surface area contributed by atoms with Crippen molar-refractivity contribution in [2.45, 2.75) is 26.4 Å². The Balaban J connectivity index is 1.80. The third-order valence-corrected chi connectivity index (χ3v) is 5.32. The number of rotatable bonds is 6. The molecule has 1 aliphatic rings. The number of hydrogen-bond donors (Lipinski definition) is 1. The molecule has 0 bridgehead atoms. The van der Waals surface area contributed by atoms with Gasteiger partial charge in [0.1, 0.15) is 6.54 Å². The highest BCUT2D eigenvalue weighted by molar-refractivity contribution is 6.11. The van der Waals surface area contributed by atoms with E-state index in [4.69, 9.17) is 9.47 Å². The summed E-state index contributed by atoms with van der Waals surface area (Å²) in [5.74, 6) is 1.02. The Hall–Kier alpha value is -3.06. The van der Waals surface area contributed by atoms with Crippen LogP contribution < -0.4 is 19.7 Å². The van der Waals surface area contributed by atoms with Crippen LogP contribution in [0.15, 0.2) is 36.4 Å². The van der Waals surface area contributed by atoms with Crippen molar-refractivity contribution < 1.29 is 19.1 Å². The minimum Gasteiger partial charge on any atom is -0.493 e. The van der Waals surface area contributed by atoms with Gasteiger partial charge in [0.25, 0.3) is 0 Å². The number of amides is 2. The van der Waals surface area contributed by atoms with E-state index >= 15 is 0 Å². The number of methoxy groups -OCH3 is 2. The smallest absolute Gasteiger partial charge is 0.244 e. The molecule has 1 atom stereocenters. The Bertz CT molecular complexity index is 928. The number of fused-ring (bicyclic) bond motifs is 1. The summed E-state index contributed by atoms with van der Waals surface area (Å²) in [5.41, 5.74) is 3.47. The number of para-hydroxylation sites is 2. The number of likely N-dealkylation sites (N-methyl/N-ethyl adjacent to an activating group) is 1. The van der Waals surface area contributed by atoms with Crippen LogP contribution in [-0.4, -0.2) is 50.6 Å². The van der Waals surface area contributed by atoms with Crippen LogP contribution in [0, 0.1) is 6.92 Å². The molecule has 1 N–H and O–H groups in total. The number of hydrogen-bond acceptors (Lipinski definition) is 5. The van der Waals surface area contributed by atoms with Crippen LogP contribution in [0.25, 0.3) is 0 Å². The number of nitrogens with one attached hydrogen (secondary N) is 1. The summed E-state index contributed by atoms with van der Waals surface area (Å²) in [7, 11) is 5.11. The second-order valence-electron chi connectivity index (χ2n) is 7.21. The zero-order valence-corrected chi connectivity index (χ0v) is 17.5. The minimum absolute atomic E-state index is 0.0173. The van der Waals surface area contributed by atoms with Gasteiger partial charge in [-0.25, -0.2) is 0 Å². The van der Waals surface area contributed by atoms with Gasteiger partial charge in [-0.1, -0.05) is 12.1 Å². The number of nitrogens with zero attached hydrogens (tertiary/aromatic N) is 2. The zero-order valence-electron chi connectivity index (χ0n) is 17.5. The van der Waals surface area contributed by atoms with E-state index in [0.29, 0.717) is 23.7 Å². The fourth-order valence-corrected chi connectivity index (χ4v) is 3.44. The molecular formula is C22H27N3O4. The first-order valence-electron chi connectivity index (χ1n) is 9.47. The van der Waals surface area contributed by atoms with Gasteiger partial charge >= 0.3 is 0 Å². The van der Waals surface area contributed by atoms with Crippen molar-refractivity contribution in [1.29, 1.82) is 0 Å². The lowest BCUT2D eigenvalue weighted by atomic mass is 10.1. The van der Waals surface area contributed by atoms with Crippen molar-refractivity contribution in [1.82, 2.24) is 4.90 Å². The monoisotopic (exact) mass is 397 g/mol. The standard InChI is InChI=1S/C22H27N3O4/c1-14-10-19(28-4)20(29-5)11-16(14)12-24(3)15(2)22(27)25-13-21(26)23-17-8-6-7-9-18(17)25/h6-11,15H,12-13H2,1-5H3,(H,23,26)/t15-/m1/s1. The molecular weight excluding hydrogens is 370 g/mol. The molecule has 0 saturated heterocycles. The van der Waals surface area contributed by atoms with Crippen molar-refractivity contribution in [2.75, 3.05) is 38.0 Å². The third-order valence-electron chi connectivity index (χ3n) is 5.32. The maximum Gasteiger partial charge on any atom is 0.244 e. The van der Waals surface area contributed by atoms with E-state index in [2.05, 4.69) is 5.32 Å². The van der Waals surface area contributed by atoms with E-state index in [-0.39, 0.29) is 18.4 Å². The van der Waals surface area contributed by atoms with Gasteiger partial charge < -0.3 is 14.8 Å². The average Bonchev–Trinajstić information content (AvgIpc) is 2.72. The molecule has 0 saturated carbocycles. The topological polar surface area (TPSA) is 71.1 Å². The first kappa shape index (κ1) is 20.7. The average molecular weight is 397 g/mol. The van der Waals surface area contributed by atoms with E-state index in [9.17, 15) is 9.59 Å². The molecule has 0 fully saturated rings. The van der Waals surface area contributed by atoms with E-state index in [1.807, 2.05) is 56.1 Å². The van der Waals surface area contributed by atoms with Crippen molar-refractivity contribution in [3.05, 3.63) is 47.5 Å². The van der Waals surface area contributed by atoms with Crippen LogP contribution in [0.1, 0.15) is 18.1 Å². The van der Waals surface area contributed by atoms with Gasteiger partial charge in [-0.15, -0.1) is 0 Å². The summed E-state index contributed by atoms with van der Waals surface area (Å²) in [6.07, 6.45) is 0. The quantitative estimate of drug-likeness (QED) is 0.812. The normalized spacial score (nSPS) is 14.3. The predicted molar refractivity (Wildman–Crippen MR) is 113 cm³/mol. The molecule has 7 heteroatoms. The SMILES string of the molecule is COc1cc(C)c(CN(C)[C@H](C)C(=O)N2CC(=O)Nc3ccccc32)cc1OC. The van der Waals surface area contributed by atoms with Gasteiger partial charge in [-0.3, -0.25) is 19.4 Å². The first-order valence-corrected chi connectivity index (χ1v) is 9.47. The largest absolute Gasteiger partial charge is 0.493 e. The van der Waals surface area contributed by atoms with Crippen LogP contribution in [-0.2, 0) is 16.1 Å². The Kier molecular flexibility index (Phi) is 6.08. The van der Waals surface area contributed by atoms with Crippen molar-refractivity contribution in [2.24, 2.45) is 0 Å². The second-order valence-corrected chi connectivity index (χ2v) is 7.21. The molecule has 1 aliphatic heterocycles. The summed E-state index contributed by atoms with van der Waals surface area (Å²) < 4.78 is 10.8. The van der Waals surface area contributed by atoms with Crippen molar-refractivity contribution in [3.8, 4) is 11.5 Å². The van der Waals surface area contributed by atoms with Crippen LogP contribution in [0.2, 0.25) is 0 Å². The Morgan fingerprint density at radius 3 is 2.55 bits per heavy atom. The van der Waals surface area contributed by atoms with Gasteiger partial charge in [0, 0.05) is 6.54 Å². The van der Waals surface area contributed by atoms with Crippen molar-refractivity contribution in [3.63, 3.8) is 0 Å². The minimum atomic E-state index is -0.415. The molecule has 2 aromatic rings. The van der Waals surface area contributed by atoms with Gasteiger partial charge in [-0.05, 0) is 56.3 Å². The molecule has 0 aromatic heterocycles. The molecule has 0 radical (unpaired) electrons. The number of carbonyl (C=O) groups is 2. The fourth-order valence-electron chi connectivity index (χ4n) is 3.44. The third kappa shape index (κ3) is 4.19. The molecule has 2 amide bonds. The number of anilines is 2. The molecule has 0 aliphatic carbocycles. The molecule has 2 aromatic carbocycles. The zero-order chi connectivity index (χ0) is 21.1. The van der Waals surface area contributed by atoms with Crippen LogP contribution in [0.5, 0.6) is 11.5 Å². The molecule has 29 heavy (non-hydrogen) atoms. The van der Waals surface area contributed by atoms with Crippen LogP contribution >= 0.6 is 0 Å². The second kappa shape index (κ2) is 8.53. The molecule has 1 heterocycles. The van der Waals surface area contributed by atoms with Crippen LogP contribution in [0.4, 0.5) is 11.4 Å². The van der Waals surface area contributed by atoms with Crippen LogP contribution in [0.3, 0.4) is 0 Å². The molecule has 154 valence electrons. The van der Waals surface area contributed by atoms with E-state index in [1.165, 1.54) is 0 Å². The molecule has 0 unspecified atom stereocenters. The highest BCUT2D eigenvalue weighted by Crippen LogP contribution is 2.32. The first-order chi connectivity index (χ1) is 13.8. The lowest BCUT2D eigenvalue weighted by Crippen LogP contribution is -2.50. The van der Waals surface area contributed by atoms with Gasteiger partial charge in [0.2, 0.25) is 11.8 Å². The summed E-state index contributed by atoms with van der Waals surface area (Å²) in [5, 5.41) is 2.81. The Labute approximate surface area is 171 Å². The van der Waals surface area contributed by atoms with E-state index in [1.54, 1.807) is 25.2 Å². The van der Waals surface area contributed by atoms with Gasteiger partial charge in [-0.2, -0.15) is 0 Å². The molecule has 3 rings (SSSR count). The molecule has 0 spiro atoms. The highest BCUT2D eigenvalue weighted by Gasteiger charge is 2.31. The number of aryl methyl sites for hydroxylation is 1. The maximum atomic E-state index is 13.2. The fraction of sp³-hybridized carbons (Fsp3) is 0.364. The predicted octanol–water partition coefficient (Wildman–Crippen LogP) is 2.82. The highest BCUT2D eigenvalue weighted by atomic mass is 16.5. The number of ether oxygens (including phenoxy) is 2. The Morgan fingerprint density at radius 1 is 1.21 bits per heavy atom. The lowest BCUT2D eigenvalue weighted by molar-refractivity contribution is -0.125. The molecule has 7 nitrogen and oxygen atoms in total. The lowest BCUT2D eigenvalue weighted by Gasteiger charge is -2.34. The van der Waals surface area contributed by atoms with E-state index < -0.39 is 6.04 Å². The summed E-state index contributed by atoms with van der Waals surface area (Å²) in [6, 6.07) is 10.8. The van der Waals surface area contributed by atoms with Gasteiger partial charge in [0.05, 0.1) is 31.6 Å². The number of benzene rings is 2. The van der Waals surface area contributed by atoms with E-state index in [0.717, 1.165) is 16.8 Å². The van der Waals surface area contributed by atoms with Crippen molar-refractivity contribution >= 4 is 23.2 Å². The summed E-state index contributed by atoms with van der Waals surface area (Å²) in [4.78, 5) is 28.8. The maximum absolute atomic E-state index is 13.2. The summed E-state index contributed by atoms with van der Waals surface area (Å²) in [6.45, 7) is 4.43. The summed E-state index contributed by atoms with van der Waals surface area (Å²) >= 11 is 0. The number of carbonyl (C=O) groups excluding carboxylic acids is 2. The Morgan fingerprint density at radius 2 is 1.86 bits per heavy atom. The van der Waals surface area contributed by atoms with Gasteiger partial charge in [0.15, 0.2) is 11.5 Å².